The number of rotatable bonds is 17. The van der Waals surface area contributed by atoms with Gasteiger partial charge < -0.3 is 25.3 Å². The van der Waals surface area contributed by atoms with Gasteiger partial charge >= 0.3 is 37.4 Å². The molecular formula is C80H83BF3N6NaO9P. The summed E-state index contributed by atoms with van der Waals surface area (Å²) in [6.07, 6.45) is 24.0. The van der Waals surface area contributed by atoms with Crippen LogP contribution in [-0.2, 0) is 45.7 Å². The monoisotopic (exact) mass is 1390 g/mol. The van der Waals surface area contributed by atoms with Crippen LogP contribution in [0.5, 0.6) is 0 Å². The molecule has 3 radical (unpaired) electrons. The molecule has 15 nitrogen and oxygen atoms in total. The molecule has 6 heterocycles. The first-order valence-corrected chi connectivity index (χ1v) is 37.5. The van der Waals surface area contributed by atoms with E-state index in [4.69, 9.17) is 13.6 Å². The van der Waals surface area contributed by atoms with E-state index in [0.29, 0.717) is 60.1 Å². The fourth-order valence-electron chi connectivity index (χ4n) is 22.6. The van der Waals surface area contributed by atoms with Gasteiger partial charge in [0.2, 0.25) is 0 Å². The summed E-state index contributed by atoms with van der Waals surface area (Å²) in [5, 5.41) is 21.0. The van der Waals surface area contributed by atoms with Crippen LogP contribution in [-0.4, -0.2) is 82.9 Å². The maximum Gasteiger partial charge on any atom is 1.00 e. The van der Waals surface area contributed by atoms with Gasteiger partial charge in [-0.25, -0.2) is 32.7 Å². The van der Waals surface area contributed by atoms with Crippen molar-refractivity contribution in [2.45, 2.75) is 165 Å². The molecule has 9 unspecified atom stereocenters. The summed E-state index contributed by atoms with van der Waals surface area (Å²) >= 11 is 0. The largest absolute Gasteiger partial charge is 1.00 e. The number of Topliss-reactive ketones (excluding diaryl/α,β-unsaturated/α-hetero) is 3. The average molecular weight is 1390 g/mol. The van der Waals surface area contributed by atoms with Crippen molar-refractivity contribution in [3.05, 3.63) is 198 Å². The topological polar surface area (TPSA) is 190 Å². The Balaban J connectivity index is 0.000000128. The molecule has 3 aliphatic heterocycles. The standard InChI is InChI=1S/C36H36FN2O5P.2C22H23FN2O2.B.Na.H/c37-30-13-7-12-29-32-20-38-23-39(32)31(34(29)30)16-33(40)36-17-26-14-27(18-36)35(28(15-26)19-36)44-45(41,42-21-24-8-3-1-4-9-24)43-22-25-10-5-2-6-11-25;2*23-16-3-1-2-15-18-10-24-11-25(18)17(20(15)16)6-19(26)22-7-12-4-13(8-22)21(27)14(5-12)9-22;;;/h1-13,20,23,26-28,31,35H,14-19,21-22H2;2*1-3,10-14,17,21,27H,4-9H2;;;/q;;;;+1;-1. The second-order valence-electron chi connectivity index (χ2n) is 31.9. The summed E-state index contributed by atoms with van der Waals surface area (Å²) in [5.41, 5.74) is 7.68. The minimum Gasteiger partial charge on any atom is -1.00 e. The zero-order valence-corrected chi connectivity index (χ0v) is 59.7. The first-order valence-electron chi connectivity index (χ1n) is 36.0. The van der Waals surface area contributed by atoms with Gasteiger partial charge in [0.1, 0.15) is 34.8 Å². The number of aliphatic hydroxyl groups is 2. The zero-order valence-electron chi connectivity index (χ0n) is 57.8. The Morgan fingerprint density at radius 1 is 0.455 bits per heavy atom. The quantitative estimate of drug-likeness (QED) is 0.0649. The van der Waals surface area contributed by atoms with Crippen molar-refractivity contribution in [3.63, 3.8) is 0 Å². The van der Waals surface area contributed by atoms with Gasteiger partial charge in [0.15, 0.2) is 0 Å². The molecule has 2 N–H and O–H groups in total. The maximum atomic E-state index is 15.1. The number of carbonyl (C=O) groups is 3. The van der Waals surface area contributed by atoms with E-state index in [9.17, 15) is 37.9 Å². The Bertz CT molecular complexity index is 4310. The van der Waals surface area contributed by atoms with Gasteiger partial charge in [-0.15, -0.1) is 0 Å². The molecule has 23 rings (SSSR count). The van der Waals surface area contributed by atoms with E-state index >= 15 is 4.39 Å². The van der Waals surface area contributed by atoms with E-state index in [2.05, 4.69) is 15.0 Å². The number of phosphoric acid groups is 1. The van der Waals surface area contributed by atoms with Crippen molar-refractivity contribution < 1.29 is 86.9 Å². The number of nitrogens with zero attached hydrogens (tertiary/aromatic N) is 6. The number of hydrogen-bond donors (Lipinski definition) is 2. The fraction of sp³-hybridized carbons (Fsp3) is 0.475. The molecule has 3 aromatic heterocycles. The summed E-state index contributed by atoms with van der Waals surface area (Å²) in [7, 11) is -3.96. The molecular weight excluding hydrogens is 1310 g/mol. The SMILES string of the molecule is O=C(CC1c2c(F)cccc2-c2cncn21)C12CC3CC(C1)C(O)C(C3)C2.O=C(CC1c2c(F)cccc2-c2cncn21)C12CC3CC(C1)C(O)C(C3)C2.O=C(CC1c2c(F)cccc2-c2cncn21)C12CC3CC(C1)C(OP(=O)(OCc1ccccc1)OCc1ccccc1)C(C3)C2.[B].[H-].[Na+]. The number of aromatic nitrogens is 6. The molecule has 9 atom stereocenters. The first-order chi connectivity index (χ1) is 48.0. The molecule has 5 aromatic carbocycles. The van der Waals surface area contributed by atoms with Crippen LogP contribution in [0.4, 0.5) is 13.2 Å². The minimum absolute atomic E-state index is 0. The first kappa shape index (κ1) is 69.0. The van der Waals surface area contributed by atoms with Crippen LogP contribution < -0.4 is 29.6 Å². The summed E-state index contributed by atoms with van der Waals surface area (Å²) in [5.74, 6) is 2.75. The number of benzene rings is 5. The van der Waals surface area contributed by atoms with Crippen molar-refractivity contribution >= 4 is 33.6 Å². The van der Waals surface area contributed by atoms with Crippen molar-refractivity contribution in [2.75, 3.05) is 0 Å². The van der Waals surface area contributed by atoms with Gasteiger partial charge in [-0.1, -0.05) is 97.1 Å². The zero-order chi connectivity index (χ0) is 67.3. The molecule has 101 heavy (non-hydrogen) atoms. The minimum atomic E-state index is -3.96. The van der Waals surface area contributed by atoms with Crippen LogP contribution in [0.15, 0.2) is 153 Å². The molecule has 15 aliphatic rings. The number of hydrogen-bond acceptors (Lipinski definition) is 12. The summed E-state index contributed by atoms with van der Waals surface area (Å²) < 4.78 is 83.0. The van der Waals surface area contributed by atoms with Crippen LogP contribution in [0.1, 0.15) is 163 Å². The molecule has 12 fully saturated rings. The molecule has 12 bridgehead atoms. The Morgan fingerprint density at radius 2 is 0.762 bits per heavy atom. The van der Waals surface area contributed by atoms with E-state index < -0.39 is 19.3 Å². The summed E-state index contributed by atoms with van der Waals surface area (Å²) in [4.78, 5) is 54.2. The van der Waals surface area contributed by atoms with Crippen LogP contribution in [0, 0.1) is 87.0 Å². The predicted molar refractivity (Wildman–Crippen MR) is 368 cm³/mol. The molecule has 8 aromatic rings. The summed E-state index contributed by atoms with van der Waals surface area (Å²) in [6.45, 7) is 0.214. The van der Waals surface area contributed by atoms with Crippen LogP contribution >= 0.6 is 7.82 Å². The molecule has 0 amide bonds. The van der Waals surface area contributed by atoms with E-state index in [0.717, 1.165) is 128 Å². The Kier molecular flexibility index (Phi) is 18.2. The summed E-state index contributed by atoms with van der Waals surface area (Å²) in [6, 6.07) is 33.5. The normalized spacial score (nSPS) is 32.7. The fourth-order valence-corrected chi connectivity index (χ4v) is 24.1. The third kappa shape index (κ3) is 11.8. The van der Waals surface area contributed by atoms with Gasteiger partial charge in [0.25, 0.3) is 0 Å². The third-order valence-corrected chi connectivity index (χ3v) is 27.6. The van der Waals surface area contributed by atoms with E-state index in [1.54, 1.807) is 55.8 Å². The predicted octanol–water partition coefficient (Wildman–Crippen LogP) is 12.5. The molecule has 517 valence electrons. The van der Waals surface area contributed by atoms with Crippen molar-refractivity contribution in [2.24, 2.45) is 69.5 Å². The second kappa shape index (κ2) is 26.6. The number of halogens is 3. The Labute approximate surface area is 611 Å². The van der Waals surface area contributed by atoms with Gasteiger partial charge in [-0.05, 0) is 179 Å². The van der Waals surface area contributed by atoms with Crippen LogP contribution in [0.3, 0.4) is 0 Å². The van der Waals surface area contributed by atoms with Crippen LogP contribution in [0.25, 0.3) is 33.8 Å². The number of carbonyl (C=O) groups excluding carboxylic acids is 3. The Morgan fingerprint density at radius 3 is 1.09 bits per heavy atom. The number of phosphoric ester groups is 1. The number of ketones is 3. The van der Waals surface area contributed by atoms with Crippen molar-refractivity contribution in [1.82, 2.24) is 28.7 Å². The van der Waals surface area contributed by atoms with Gasteiger partial charge in [0.05, 0.1) is 104 Å². The van der Waals surface area contributed by atoms with Crippen LogP contribution in [0.2, 0.25) is 0 Å². The number of imidazole rings is 3. The average Bonchev–Trinajstić information content (AvgIpc) is 1.04. The smallest absolute Gasteiger partial charge is 1.00 e. The third-order valence-electron chi connectivity index (χ3n) is 26.3. The van der Waals surface area contributed by atoms with Crippen molar-refractivity contribution in [3.8, 4) is 33.8 Å². The number of aliphatic hydroxyl groups excluding tert-OH is 2. The second-order valence-corrected chi connectivity index (χ2v) is 33.5. The van der Waals surface area contributed by atoms with Crippen molar-refractivity contribution in [1.29, 1.82) is 0 Å². The molecule has 12 aliphatic carbocycles. The van der Waals surface area contributed by atoms with E-state index in [1.165, 1.54) is 18.2 Å². The van der Waals surface area contributed by atoms with Gasteiger partial charge in [-0.2, -0.15) is 0 Å². The Hall–Kier alpha value is -6.38. The molecule has 0 saturated heterocycles. The molecule has 12 saturated carbocycles. The van der Waals surface area contributed by atoms with Gasteiger partial charge in [-0.3, -0.25) is 28.0 Å². The maximum absolute atomic E-state index is 15.1. The van der Waals surface area contributed by atoms with E-state index in [1.807, 2.05) is 92.6 Å². The van der Waals surface area contributed by atoms with E-state index in [-0.39, 0.29) is 171 Å². The number of fused-ring (bicyclic) bond motifs is 9. The molecule has 21 heteroatoms. The van der Waals surface area contributed by atoms with Gasteiger partial charge in [0, 0.05) is 77.3 Å². The molecule has 0 spiro atoms.